The number of nitrogens with one attached hydrogen (secondary N) is 1. The van der Waals surface area contributed by atoms with Crippen LogP contribution in [-0.4, -0.2) is 27.0 Å². The summed E-state index contributed by atoms with van der Waals surface area (Å²) in [4.78, 5) is 21.0. The number of fused-ring (bicyclic) bond motifs is 1. The molecule has 0 aliphatic carbocycles. The number of aryl methyl sites for hydroxylation is 1. The van der Waals surface area contributed by atoms with Crippen LogP contribution in [0.15, 0.2) is 55.1 Å². The molecule has 0 saturated carbocycles. The van der Waals surface area contributed by atoms with Crippen LogP contribution in [0.2, 0.25) is 0 Å². The fraction of sp³-hybridized carbons (Fsp3) is 0.318. The van der Waals surface area contributed by atoms with Gasteiger partial charge in [-0.15, -0.1) is 0 Å². The number of aromatic nitrogens is 3. The van der Waals surface area contributed by atoms with E-state index in [9.17, 15) is 4.79 Å². The van der Waals surface area contributed by atoms with Crippen LogP contribution in [0.25, 0.3) is 0 Å². The number of hydrogen-bond donors (Lipinski definition) is 1. The van der Waals surface area contributed by atoms with E-state index in [1.807, 2.05) is 55.8 Å². The van der Waals surface area contributed by atoms with E-state index in [-0.39, 0.29) is 11.8 Å². The summed E-state index contributed by atoms with van der Waals surface area (Å²) in [7, 11) is 0. The Morgan fingerprint density at radius 1 is 1.24 bits per heavy atom. The predicted molar refractivity (Wildman–Crippen MR) is 108 cm³/mol. The van der Waals surface area contributed by atoms with Gasteiger partial charge in [0.15, 0.2) is 0 Å². The van der Waals surface area contributed by atoms with Gasteiger partial charge in [0, 0.05) is 49.6 Å². The number of nitrogens with zero attached hydrogens (tertiary/aromatic N) is 3. The summed E-state index contributed by atoms with van der Waals surface area (Å²) in [5.74, 6) is 2.03. The van der Waals surface area contributed by atoms with Crippen molar-refractivity contribution in [2.24, 2.45) is 5.92 Å². The fourth-order valence-electron chi connectivity index (χ4n) is 3.43. The summed E-state index contributed by atoms with van der Waals surface area (Å²) in [5.41, 5.74) is 2.06. The van der Waals surface area contributed by atoms with E-state index in [1.54, 1.807) is 6.20 Å². The number of rotatable bonds is 7. The molecular formula is C22H24N4O3. The van der Waals surface area contributed by atoms with E-state index in [4.69, 9.17) is 9.47 Å². The van der Waals surface area contributed by atoms with Crippen LogP contribution in [0.4, 0.5) is 0 Å². The number of amides is 1. The number of hydrogen-bond acceptors (Lipinski definition) is 5. The van der Waals surface area contributed by atoms with Gasteiger partial charge in [-0.3, -0.25) is 4.79 Å². The van der Waals surface area contributed by atoms with Gasteiger partial charge < -0.3 is 19.4 Å². The summed E-state index contributed by atoms with van der Waals surface area (Å²) < 4.78 is 13.4. The van der Waals surface area contributed by atoms with Crippen LogP contribution in [0.5, 0.6) is 17.4 Å². The second-order valence-electron chi connectivity index (χ2n) is 6.99. The molecule has 29 heavy (non-hydrogen) atoms. The standard InChI is InChI=1S/C22H24N4O3/c1-2-28-19-3-5-20(6-4-19)29-21-11-16(7-9-24-21)13-25-22(27)17-8-10-26-15-23-14-18(26)12-17/h3-7,9,11,14-15,17H,2,8,10,12-13H2,1H3,(H,25,27)/t17-/m1/s1. The van der Waals surface area contributed by atoms with Gasteiger partial charge in [0.1, 0.15) is 11.5 Å². The highest BCUT2D eigenvalue weighted by atomic mass is 16.5. The molecule has 1 aliphatic heterocycles. The van der Waals surface area contributed by atoms with Crippen molar-refractivity contribution in [3.8, 4) is 17.4 Å². The van der Waals surface area contributed by atoms with Gasteiger partial charge in [-0.05, 0) is 49.2 Å². The van der Waals surface area contributed by atoms with E-state index in [0.717, 1.165) is 36.4 Å². The predicted octanol–water partition coefficient (Wildman–Crippen LogP) is 3.35. The minimum atomic E-state index is -0.0133. The lowest BCUT2D eigenvalue weighted by Gasteiger charge is -2.23. The first-order valence-electron chi connectivity index (χ1n) is 9.83. The largest absolute Gasteiger partial charge is 0.494 e. The molecule has 2 aromatic heterocycles. The number of carbonyl (C=O) groups excluding carboxylic acids is 1. The Bertz CT molecular complexity index is 968. The van der Waals surface area contributed by atoms with Gasteiger partial charge in [-0.1, -0.05) is 0 Å². The Hall–Kier alpha value is -3.35. The molecule has 3 heterocycles. The van der Waals surface area contributed by atoms with Crippen molar-refractivity contribution < 1.29 is 14.3 Å². The molecule has 150 valence electrons. The van der Waals surface area contributed by atoms with E-state index in [0.29, 0.717) is 24.8 Å². The highest BCUT2D eigenvalue weighted by Crippen LogP contribution is 2.23. The van der Waals surface area contributed by atoms with Crippen molar-refractivity contribution in [2.75, 3.05) is 6.61 Å². The maximum Gasteiger partial charge on any atom is 0.223 e. The van der Waals surface area contributed by atoms with Crippen molar-refractivity contribution in [1.29, 1.82) is 0 Å². The zero-order valence-electron chi connectivity index (χ0n) is 16.4. The summed E-state index contributed by atoms with van der Waals surface area (Å²) in [6, 6.07) is 11.1. The average Bonchev–Trinajstić information content (AvgIpc) is 3.22. The topological polar surface area (TPSA) is 78.3 Å². The third-order valence-corrected chi connectivity index (χ3v) is 4.97. The molecule has 1 aromatic carbocycles. The molecule has 1 atom stereocenters. The first-order chi connectivity index (χ1) is 14.2. The minimum absolute atomic E-state index is 0.0133. The number of carbonyl (C=O) groups is 1. The number of imidazole rings is 1. The molecule has 4 rings (SSSR count). The third-order valence-electron chi connectivity index (χ3n) is 4.97. The molecule has 0 fully saturated rings. The molecule has 7 nitrogen and oxygen atoms in total. The van der Waals surface area contributed by atoms with Crippen molar-refractivity contribution in [2.45, 2.75) is 32.9 Å². The van der Waals surface area contributed by atoms with E-state index in [1.165, 1.54) is 0 Å². The quantitative estimate of drug-likeness (QED) is 0.667. The monoisotopic (exact) mass is 392 g/mol. The Kier molecular flexibility index (Phi) is 5.74. The van der Waals surface area contributed by atoms with Crippen LogP contribution < -0.4 is 14.8 Å². The maximum absolute atomic E-state index is 12.6. The van der Waals surface area contributed by atoms with Crippen molar-refractivity contribution in [3.63, 3.8) is 0 Å². The average molecular weight is 392 g/mol. The van der Waals surface area contributed by atoms with Crippen LogP contribution in [0, 0.1) is 5.92 Å². The Balaban J connectivity index is 1.32. The highest BCUT2D eigenvalue weighted by Gasteiger charge is 2.24. The van der Waals surface area contributed by atoms with Crippen molar-refractivity contribution >= 4 is 5.91 Å². The molecule has 1 amide bonds. The van der Waals surface area contributed by atoms with Gasteiger partial charge in [0.05, 0.1) is 12.9 Å². The van der Waals surface area contributed by atoms with Gasteiger partial charge in [-0.2, -0.15) is 0 Å². The Labute approximate surface area is 169 Å². The molecule has 0 spiro atoms. The number of ether oxygens (including phenoxy) is 2. The molecule has 1 aliphatic rings. The van der Waals surface area contributed by atoms with Gasteiger partial charge in [-0.25, -0.2) is 9.97 Å². The second kappa shape index (κ2) is 8.77. The molecule has 0 bridgehead atoms. The highest BCUT2D eigenvalue weighted by molar-refractivity contribution is 5.79. The first-order valence-corrected chi connectivity index (χ1v) is 9.83. The summed E-state index contributed by atoms with van der Waals surface area (Å²) in [5, 5.41) is 3.04. The normalized spacial score (nSPS) is 15.4. The minimum Gasteiger partial charge on any atom is -0.494 e. The molecule has 3 aromatic rings. The Morgan fingerprint density at radius 2 is 2.07 bits per heavy atom. The fourth-order valence-corrected chi connectivity index (χ4v) is 3.43. The number of pyridine rings is 1. The molecule has 0 radical (unpaired) electrons. The van der Waals surface area contributed by atoms with Crippen LogP contribution >= 0.6 is 0 Å². The lowest BCUT2D eigenvalue weighted by atomic mass is 9.95. The summed E-state index contributed by atoms with van der Waals surface area (Å²) in [6.45, 7) is 3.85. The lowest BCUT2D eigenvalue weighted by molar-refractivity contribution is -0.125. The molecule has 0 unspecified atom stereocenters. The van der Waals surface area contributed by atoms with Crippen LogP contribution in [-0.2, 0) is 24.3 Å². The van der Waals surface area contributed by atoms with Crippen LogP contribution in [0.1, 0.15) is 24.6 Å². The van der Waals surface area contributed by atoms with Gasteiger partial charge in [0.25, 0.3) is 0 Å². The maximum atomic E-state index is 12.6. The van der Waals surface area contributed by atoms with E-state index in [2.05, 4.69) is 19.9 Å². The van der Waals surface area contributed by atoms with Gasteiger partial charge in [0.2, 0.25) is 11.8 Å². The summed E-state index contributed by atoms with van der Waals surface area (Å²) in [6.07, 6.45) is 6.91. The zero-order chi connectivity index (χ0) is 20.1. The zero-order valence-corrected chi connectivity index (χ0v) is 16.4. The smallest absolute Gasteiger partial charge is 0.223 e. The first kappa shape index (κ1) is 19.0. The lowest BCUT2D eigenvalue weighted by Crippen LogP contribution is -2.34. The van der Waals surface area contributed by atoms with Crippen LogP contribution in [0.3, 0.4) is 0 Å². The number of benzene rings is 1. The molecule has 7 heteroatoms. The third kappa shape index (κ3) is 4.74. The van der Waals surface area contributed by atoms with Gasteiger partial charge >= 0.3 is 0 Å². The summed E-state index contributed by atoms with van der Waals surface area (Å²) >= 11 is 0. The van der Waals surface area contributed by atoms with Crippen molar-refractivity contribution in [3.05, 3.63) is 66.4 Å². The molecule has 0 saturated heterocycles. The van der Waals surface area contributed by atoms with Crippen molar-refractivity contribution in [1.82, 2.24) is 19.9 Å². The van der Waals surface area contributed by atoms with E-state index < -0.39 is 0 Å². The Morgan fingerprint density at radius 3 is 2.90 bits per heavy atom. The SMILES string of the molecule is CCOc1ccc(Oc2cc(CNC(=O)[C@@H]3CCn4cncc4C3)ccn2)cc1. The van der Waals surface area contributed by atoms with E-state index >= 15 is 0 Å². The molecular weight excluding hydrogens is 368 g/mol. The second-order valence-corrected chi connectivity index (χ2v) is 6.99. The molecule has 1 N–H and O–H groups in total.